The van der Waals surface area contributed by atoms with Gasteiger partial charge in [-0.3, -0.25) is 4.79 Å². The second-order valence-corrected chi connectivity index (χ2v) is 5.63. The van der Waals surface area contributed by atoms with Crippen LogP contribution in [0.5, 0.6) is 0 Å². The van der Waals surface area contributed by atoms with Crippen molar-refractivity contribution in [3.05, 3.63) is 36.2 Å². The van der Waals surface area contributed by atoms with Crippen molar-refractivity contribution in [1.29, 1.82) is 0 Å². The minimum atomic E-state index is -0.0356. The number of rotatable bonds is 2. The molecule has 0 spiro atoms. The van der Waals surface area contributed by atoms with Gasteiger partial charge in [-0.15, -0.1) is 0 Å². The second kappa shape index (κ2) is 6.32. The quantitative estimate of drug-likeness (QED) is 0.754. The Kier molecular flexibility index (Phi) is 3.87. The van der Waals surface area contributed by atoms with E-state index in [4.69, 9.17) is 4.63 Å². The molecule has 3 heterocycles. The minimum absolute atomic E-state index is 0.0356. The zero-order chi connectivity index (χ0) is 16.4. The third-order valence-electron chi connectivity index (χ3n) is 4.05. The summed E-state index contributed by atoms with van der Waals surface area (Å²) in [5.74, 6) is 0.456. The third kappa shape index (κ3) is 2.71. The lowest BCUT2D eigenvalue weighted by atomic mass is 10.1. The van der Waals surface area contributed by atoms with Crippen LogP contribution in [0.4, 0.5) is 0 Å². The molecule has 0 aliphatic carbocycles. The van der Waals surface area contributed by atoms with Crippen molar-refractivity contribution in [2.45, 2.75) is 6.42 Å². The van der Waals surface area contributed by atoms with E-state index >= 15 is 0 Å². The molecule has 0 atom stereocenters. The molecule has 1 N–H and O–H groups in total. The zero-order valence-corrected chi connectivity index (χ0v) is 13.0. The number of hydrogen-bond donors (Lipinski definition) is 1. The van der Waals surface area contributed by atoms with Crippen molar-refractivity contribution in [3.8, 4) is 11.4 Å². The molecule has 1 aliphatic heterocycles. The minimum Gasteiger partial charge on any atom is -0.337 e. The number of aromatic nitrogens is 4. The fourth-order valence-corrected chi connectivity index (χ4v) is 2.80. The maximum absolute atomic E-state index is 12.6. The normalized spacial score (nSPS) is 15.4. The van der Waals surface area contributed by atoms with Gasteiger partial charge >= 0.3 is 0 Å². The first-order valence-corrected chi connectivity index (χ1v) is 7.86. The van der Waals surface area contributed by atoms with Gasteiger partial charge in [0.15, 0.2) is 5.82 Å². The molecule has 1 fully saturated rings. The van der Waals surface area contributed by atoms with Crippen molar-refractivity contribution in [3.63, 3.8) is 0 Å². The fourth-order valence-electron chi connectivity index (χ4n) is 2.80. The highest BCUT2D eigenvalue weighted by atomic mass is 16.6. The lowest BCUT2D eigenvalue weighted by Crippen LogP contribution is -2.34. The lowest BCUT2D eigenvalue weighted by molar-refractivity contribution is 0.0765. The van der Waals surface area contributed by atoms with Crippen LogP contribution in [0.2, 0.25) is 0 Å². The Bertz CT molecular complexity index is 852. The van der Waals surface area contributed by atoms with Crippen LogP contribution in [0.25, 0.3) is 22.4 Å². The fraction of sp³-hybridized carbons (Fsp3) is 0.312. The van der Waals surface area contributed by atoms with Gasteiger partial charge < -0.3 is 10.2 Å². The van der Waals surface area contributed by atoms with E-state index in [-0.39, 0.29) is 5.91 Å². The Balaban J connectivity index is 1.60. The Morgan fingerprint density at radius 2 is 2.00 bits per heavy atom. The first-order valence-electron chi connectivity index (χ1n) is 7.86. The smallest absolute Gasteiger partial charge is 0.257 e. The van der Waals surface area contributed by atoms with Gasteiger partial charge in [0.25, 0.3) is 5.91 Å². The summed E-state index contributed by atoms with van der Waals surface area (Å²) >= 11 is 0. The molecule has 24 heavy (non-hydrogen) atoms. The van der Waals surface area contributed by atoms with Crippen LogP contribution in [0.3, 0.4) is 0 Å². The van der Waals surface area contributed by atoms with E-state index in [0.717, 1.165) is 31.6 Å². The van der Waals surface area contributed by atoms with Crippen LogP contribution < -0.4 is 5.32 Å². The number of nitrogens with zero attached hydrogens (tertiary/aromatic N) is 5. The van der Waals surface area contributed by atoms with Crippen molar-refractivity contribution in [1.82, 2.24) is 30.5 Å². The number of benzene rings is 1. The molecule has 0 bridgehead atoms. The highest BCUT2D eigenvalue weighted by Crippen LogP contribution is 2.23. The Morgan fingerprint density at radius 3 is 2.88 bits per heavy atom. The van der Waals surface area contributed by atoms with E-state index in [1.807, 2.05) is 17.0 Å². The van der Waals surface area contributed by atoms with Gasteiger partial charge in [-0.1, -0.05) is 6.07 Å². The molecule has 0 saturated carbocycles. The number of fused-ring (bicyclic) bond motifs is 1. The second-order valence-electron chi connectivity index (χ2n) is 5.63. The van der Waals surface area contributed by atoms with Crippen LogP contribution in [-0.2, 0) is 0 Å². The number of amides is 1. The largest absolute Gasteiger partial charge is 0.337 e. The molecule has 0 unspecified atom stereocenters. The summed E-state index contributed by atoms with van der Waals surface area (Å²) < 4.78 is 4.76. The summed E-state index contributed by atoms with van der Waals surface area (Å²) in [5, 5.41) is 11.0. The number of carbonyl (C=O) groups is 1. The zero-order valence-electron chi connectivity index (χ0n) is 13.0. The average molecular weight is 324 g/mol. The van der Waals surface area contributed by atoms with E-state index < -0.39 is 0 Å². The monoisotopic (exact) mass is 324 g/mol. The molecule has 1 amide bonds. The van der Waals surface area contributed by atoms with Crippen LogP contribution in [0, 0.1) is 0 Å². The van der Waals surface area contributed by atoms with E-state index in [9.17, 15) is 4.79 Å². The molecule has 3 aromatic rings. The predicted octanol–water partition coefficient (Wildman–Crippen LogP) is 1.12. The Morgan fingerprint density at radius 1 is 1.12 bits per heavy atom. The van der Waals surface area contributed by atoms with Gasteiger partial charge in [-0.05, 0) is 35.4 Å². The summed E-state index contributed by atoms with van der Waals surface area (Å²) in [6.07, 6.45) is 4.08. The van der Waals surface area contributed by atoms with Crippen LogP contribution in [0.15, 0.2) is 35.2 Å². The Labute approximate surface area is 137 Å². The first kappa shape index (κ1) is 14.7. The van der Waals surface area contributed by atoms with Crippen LogP contribution in [0.1, 0.15) is 16.8 Å². The molecule has 4 rings (SSSR count). The van der Waals surface area contributed by atoms with Gasteiger partial charge in [0.05, 0.1) is 11.1 Å². The summed E-state index contributed by atoms with van der Waals surface area (Å²) in [4.78, 5) is 23.1. The highest BCUT2D eigenvalue weighted by molar-refractivity contribution is 5.94. The number of nitrogens with one attached hydrogen (secondary N) is 1. The van der Waals surface area contributed by atoms with Crippen molar-refractivity contribution in [2.24, 2.45) is 0 Å². The molecule has 2 aromatic heterocycles. The van der Waals surface area contributed by atoms with Crippen LogP contribution >= 0.6 is 0 Å². The third-order valence-corrected chi connectivity index (χ3v) is 4.05. The average Bonchev–Trinajstić information content (AvgIpc) is 2.95. The Hall–Kier alpha value is -2.87. The van der Waals surface area contributed by atoms with E-state index in [0.29, 0.717) is 29.0 Å². The van der Waals surface area contributed by atoms with Gasteiger partial charge in [0, 0.05) is 32.0 Å². The maximum atomic E-state index is 12.6. The van der Waals surface area contributed by atoms with Gasteiger partial charge in [0.1, 0.15) is 11.0 Å². The first-order chi connectivity index (χ1) is 11.8. The number of carbonyl (C=O) groups excluding carboxylic acids is 1. The summed E-state index contributed by atoms with van der Waals surface area (Å²) in [7, 11) is 0. The van der Waals surface area contributed by atoms with E-state index in [1.54, 1.807) is 18.5 Å². The van der Waals surface area contributed by atoms with Gasteiger partial charge in [0.2, 0.25) is 0 Å². The standard InChI is InChI=1S/C16H16N6O2/c23-16(22-7-2-5-17-6-8-22)11-9-18-15(19-10-11)12-3-1-4-13-14(12)21-24-20-13/h1,3-4,9-10,17H,2,5-8H2. The van der Waals surface area contributed by atoms with E-state index in [2.05, 4.69) is 25.6 Å². The molecular weight excluding hydrogens is 308 g/mol. The molecule has 8 nitrogen and oxygen atoms in total. The number of hydrogen-bond acceptors (Lipinski definition) is 7. The maximum Gasteiger partial charge on any atom is 0.257 e. The molecular formula is C16H16N6O2. The molecule has 0 radical (unpaired) electrons. The predicted molar refractivity (Wildman–Crippen MR) is 86.2 cm³/mol. The van der Waals surface area contributed by atoms with Crippen LogP contribution in [-0.4, -0.2) is 57.3 Å². The summed E-state index contributed by atoms with van der Waals surface area (Å²) in [6, 6.07) is 5.50. The summed E-state index contributed by atoms with van der Waals surface area (Å²) in [6.45, 7) is 3.20. The molecule has 122 valence electrons. The van der Waals surface area contributed by atoms with Crippen molar-refractivity contribution in [2.75, 3.05) is 26.2 Å². The van der Waals surface area contributed by atoms with Gasteiger partial charge in [-0.25, -0.2) is 14.6 Å². The summed E-state index contributed by atoms with van der Waals surface area (Å²) in [5.41, 5.74) is 2.47. The molecule has 8 heteroatoms. The van der Waals surface area contributed by atoms with Crippen molar-refractivity contribution >= 4 is 16.9 Å². The molecule has 1 aliphatic rings. The molecule has 1 saturated heterocycles. The SMILES string of the molecule is O=C(c1cnc(-c2cccc3nonc23)nc1)N1CCCNCC1. The molecule has 1 aromatic carbocycles. The topological polar surface area (TPSA) is 97.0 Å². The van der Waals surface area contributed by atoms with Crippen molar-refractivity contribution < 1.29 is 9.42 Å². The lowest BCUT2D eigenvalue weighted by Gasteiger charge is -2.19. The van der Waals surface area contributed by atoms with Gasteiger partial charge in [-0.2, -0.15) is 0 Å². The highest BCUT2D eigenvalue weighted by Gasteiger charge is 2.18. The van der Waals surface area contributed by atoms with E-state index in [1.165, 1.54) is 0 Å².